The fraction of sp³-hybridized carbons (Fsp3) is 0.500. The Morgan fingerprint density at radius 2 is 1.94 bits per heavy atom. The van der Waals surface area contributed by atoms with Crippen molar-refractivity contribution in [3.63, 3.8) is 0 Å². The first-order valence-corrected chi connectivity index (χ1v) is 6.35. The molecule has 0 aliphatic rings. The second-order valence-electron chi connectivity index (χ2n) is 4.43. The van der Waals surface area contributed by atoms with Crippen molar-refractivity contribution >= 4 is 5.91 Å². The molecule has 0 spiro atoms. The number of carbonyl (C=O) groups excluding carboxylic acids is 1. The van der Waals surface area contributed by atoms with Crippen LogP contribution in [0.15, 0.2) is 30.3 Å². The van der Waals surface area contributed by atoms with E-state index in [9.17, 15) is 4.79 Å². The molecule has 0 saturated heterocycles. The first-order valence-electron chi connectivity index (χ1n) is 6.35. The lowest BCUT2D eigenvalue weighted by molar-refractivity contribution is -0.127. The summed E-state index contributed by atoms with van der Waals surface area (Å²) in [4.78, 5) is 17.0. The lowest BCUT2D eigenvalue weighted by Gasteiger charge is -2.17. The third kappa shape index (κ3) is 5.29. The summed E-state index contributed by atoms with van der Waals surface area (Å²) in [6.07, 6.45) is 0.920. The van der Waals surface area contributed by atoms with E-state index in [1.807, 2.05) is 44.2 Å². The van der Waals surface area contributed by atoms with Crippen molar-refractivity contribution in [1.29, 1.82) is 0 Å². The van der Waals surface area contributed by atoms with Gasteiger partial charge in [0.25, 0.3) is 0 Å². The maximum absolute atomic E-state index is 11.7. The molecule has 1 aromatic carbocycles. The minimum atomic E-state index is -0.359. The van der Waals surface area contributed by atoms with Crippen LogP contribution in [0.3, 0.4) is 0 Å². The monoisotopic (exact) mass is 250 g/mol. The molecule has 0 heterocycles. The Labute approximate surface area is 109 Å². The SMILES string of the molecule is CCC(C)NC(=O)C(C)NOCc1ccccc1. The van der Waals surface area contributed by atoms with E-state index in [1.54, 1.807) is 6.92 Å². The zero-order chi connectivity index (χ0) is 13.4. The van der Waals surface area contributed by atoms with Gasteiger partial charge in [0.15, 0.2) is 0 Å². The Morgan fingerprint density at radius 3 is 2.56 bits per heavy atom. The van der Waals surface area contributed by atoms with Gasteiger partial charge in [-0.25, -0.2) is 0 Å². The number of hydrogen-bond acceptors (Lipinski definition) is 3. The van der Waals surface area contributed by atoms with Gasteiger partial charge in [0.1, 0.15) is 6.04 Å². The van der Waals surface area contributed by atoms with Crippen molar-refractivity contribution in [2.24, 2.45) is 0 Å². The van der Waals surface area contributed by atoms with E-state index in [4.69, 9.17) is 4.84 Å². The van der Waals surface area contributed by atoms with Crippen molar-refractivity contribution in [3.8, 4) is 0 Å². The van der Waals surface area contributed by atoms with E-state index < -0.39 is 0 Å². The van der Waals surface area contributed by atoms with Gasteiger partial charge in [-0.3, -0.25) is 9.63 Å². The molecule has 0 aliphatic carbocycles. The van der Waals surface area contributed by atoms with Gasteiger partial charge in [-0.05, 0) is 25.8 Å². The van der Waals surface area contributed by atoms with Crippen LogP contribution in [0.2, 0.25) is 0 Å². The topological polar surface area (TPSA) is 50.4 Å². The molecule has 1 amide bonds. The van der Waals surface area contributed by atoms with Gasteiger partial charge < -0.3 is 5.32 Å². The molecule has 0 aromatic heterocycles. The third-order valence-electron chi connectivity index (χ3n) is 2.74. The van der Waals surface area contributed by atoms with Crippen LogP contribution in [-0.2, 0) is 16.2 Å². The molecule has 0 radical (unpaired) electrons. The number of nitrogens with one attached hydrogen (secondary N) is 2. The molecule has 18 heavy (non-hydrogen) atoms. The Morgan fingerprint density at radius 1 is 1.28 bits per heavy atom. The predicted octanol–water partition coefficient (Wildman–Crippen LogP) is 2.01. The van der Waals surface area contributed by atoms with Gasteiger partial charge >= 0.3 is 0 Å². The third-order valence-corrected chi connectivity index (χ3v) is 2.74. The number of hydrogen-bond donors (Lipinski definition) is 2. The number of carbonyl (C=O) groups is 1. The summed E-state index contributed by atoms with van der Waals surface area (Å²) in [5, 5.41) is 2.90. The maximum Gasteiger partial charge on any atom is 0.239 e. The molecule has 1 aromatic rings. The largest absolute Gasteiger partial charge is 0.352 e. The summed E-state index contributed by atoms with van der Waals surface area (Å²) in [5.41, 5.74) is 3.82. The fourth-order valence-electron chi connectivity index (χ4n) is 1.35. The number of amides is 1. The van der Waals surface area contributed by atoms with Gasteiger partial charge in [-0.1, -0.05) is 37.3 Å². The first kappa shape index (κ1) is 14.7. The van der Waals surface area contributed by atoms with Crippen LogP contribution in [-0.4, -0.2) is 18.0 Å². The average Bonchev–Trinajstić information content (AvgIpc) is 2.39. The smallest absolute Gasteiger partial charge is 0.239 e. The highest BCUT2D eigenvalue weighted by Gasteiger charge is 2.13. The van der Waals surface area contributed by atoms with Crippen LogP contribution in [0.1, 0.15) is 32.8 Å². The summed E-state index contributed by atoms with van der Waals surface area (Å²) < 4.78 is 0. The predicted molar refractivity (Wildman–Crippen MR) is 71.7 cm³/mol. The van der Waals surface area contributed by atoms with Crippen LogP contribution in [0.4, 0.5) is 0 Å². The minimum absolute atomic E-state index is 0.0441. The molecular weight excluding hydrogens is 228 g/mol. The van der Waals surface area contributed by atoms with Gasteiger partial charge in [0.2, 0.25) is 5.91 Å². The highest BCUT2D eigenvalue weighted by atomic mass is 16.6. The Hall–Kier alpha value is -1.39. The van der Waals surface area contributed by atoms with Crippen molar-refractivity contribution in [2.45, 2.75) is 45.9 Å². The molecule has 2 N–H and O–H groups in total. The van der Waals surface area contributed by atoms with Crippen molar-refractivity contribution < 1.29 is 9.63 Å². The van der Waals surface area contributed by atoms with E-state index >= 15 is 0 Å². The van der Waals surface area contributed by atoms with Crippen LogP contribution < -0.4 is 10.8 Å². The standard InChI is InChI=1S/C14H22N2O2/c1-4-11(2)15-14(17)12(3)16-18-10-13-8-6-5-7-9-13/h5-9,11-12,16H,4,10H2,1-3H3,(H,15,17). The van der Waals surface area contributed by atoms with E-state index in [1.165, 1.54) is 0 Å². The molecule has 4 heteroatoms. The Kier molecular flexibility index (Phi) is 6.39. The van der Waals surface area contributed by atoms with Gasteiger partial charge in [-0.2, -0.15) is 5.48 Å². The van der Waals surface area contributed by atoms with Crippen LogP contribution in [0.5, 0.6) is 0 Å². The Bertz CT molecular complexity index is 354. The zero-order valence-corrected chi connectivity index (χ0v) is 11.3. The van der Waals surface area contributed by atoms with Gasteiger partial charge in [-0.15, -0.1) is 0 Å². The highest BCUT2D eigenvalue weighted by molar-refractivity contribution is 5.81. The molecular formula is C14H22N2O2. The molecule has 2 atom stereocenters. The molecule has 1 rings (SSSR count). The second kappa shape index (κ2) is 7.84. The average molecular weight is 250 g/mol. The summed E-state index contributed by atoms with van der Waals surface area (Å²) in [6, 6.07) is 9.66. The molecule has 0 saturated carbocycles. The van der Waals surface area contributed by atoms with E-state index in [0.717, 1.165) is 12.0 Å². The highest BCUT2D eigenvalue weighted by Crippen LogP contribution is 1.99. The van der Waals surface area contributed by atoms with E-state index in [0.29, 0.717) is 6.61 Å². The molecule has 100 valence electrons. The Balaban J connectivity index is 2.24. The quantitative estimate of drug-likeness (QED) is 0.728. The molecule has 0 fully saturated rings. The van der Waals surface area contributed by atoms with Gasteiger partial charge in [0.05, 0.1) is 6.61 Å². The number of hydroxylamine groups is 1. The molecule has 2 unspecified atom stereocenters. The van der Waals surface area contributed by atoms with Gasteiger partial charge in [0, 0.05) is 6.04 Å². The lowest BCUT2D eigenvalue weighted by atomic mass is 10.2. The number of benzene rings is 1. The van der Waals surface area contributed by atoms with Crippen molar-refractivity contribution in [2.75, 3.05) is 0 Å². The van der Waals surface area contributed by atoms with Crippen molar-refractivity contribution in [1.82, 2.24) is 10.8 Å². The zero-order valence-electron chi connectivity index (χ0n) is 11.3. The number of rotatable bonds is 7. The normalized spacial score (nSPS) is 13.9. The summed E-state index contributed by atoms with van der Waals surface area (Å²) in [6.45, 7) is 6.24. The minimum Gasteiger partial charge on any atom is -0.352 e. The second-order valence-corrected chi connectivity index (χ2v) is 4.43. The van der Waals surface area contributed by atoms with Crippen LogP contribution in [0, 0.1) is 0 Å². The lowest BCUT2D eigenvalue weighted by Crippen LogP contribution is -2.45. The van der Waals surface area contributed by atoms with Crippen molar-refractivity contribution in [3.05, 3.63) is 35.9 Å². The summed E-state index contributed by atoms with van der Waals surface area (Å²) in [5.74, 6) is -0.0441. The first-order chi connectivity index (χ1) is 8.63. The summed E-state index contributed by atoms with van der Waals surface area (Å²) in [7, 11) is 0. The van der Waals surface area contributed by atoms with E-state index in [2.05, 4.69) is 10.8 Å². The molecule has 0 bridgehead atoms. The fourth-order valence-corrected chi connectivity index (χ4v) is 1.35. The molecule has 4 nitrogen and oxygen atoms in total. The van der Waals surface area contributed by atoms with Crippen LogP contribution in [0.25, 0.3) is 0 Å². The maximum atomic E-state index is 11.7. The van der Waals surface area contributed by atoms with Crippen LogP contribution >= 0.6 is 0 Å². The molecule has 0 aliphatic heterocycles. The van der Waals surface area contributed by atoms with E-state index in [-0.39, 0.29) is 18.0 Å². The summed E-state index contributed by atoms with van der Waals surface area (Å²) >= 11 is 0.